The van der Waals surface area contributed by atoms with Crippen LogP contribution in [0.4, 0.5) is 11.5 Å². The maximum atomic E-state index is 11.2. The van der Waals surface area contributed by atoms with Crippen LogP contribution >= 0.6 is 0 Å². The van der Waals surface area contributed by atoms with Gasteiger partial charge in [0, 0.05) is 29.8 Å². The van der Waals surface area contributed by atoms with Gasteiger partial charge in [0.2, 0.25) is 5.82 Å². The van der Waals surface area contributed by atoms with E-state index in [1.54, 1.807) is 19.4 Å². The molecule has 6 heteroatoms. The molecule has 1 heterocycles. The van der Waals surface area contributed by atoms with Crippen molar-refractivity contribution in [1.82, 2.24) is 4.98 Å². The molecule has 1 aliphatic rings. The number of methoxy groups -OCH3 is 1. The minimum Gasteiger partial charge on any atom is -0.496 e. The van der Waals surface area contributed by atoms with Gasteiger partial charge in [-0.3, -0.25) is 10.1 Å². The van der Waals surface area contributed by atoms with Crippen molar-refractivity contribution in [2.45, 2.75) is 31.1 Å². The van der Waals surface area contributed by atoms with Crippen molar-refractivity contribution >= 4 is 11.5 Å². The SMILES string of the molecule is COc1ccccc1C1(CNc2ncccc2[N+](=O)[O-])CCCC1. The molecule has 24 heavy (non-hydrogen) atoms. The molecule has 0 spiro atoms. The first-order valence-corrected chi connectivity index (χ1v) is 8.13. The Morgan fingerprint density at radius 3 is 2.71 bits per heavy atom. The van der Waals surface area contributed by atoms with E-state index in [-0.39, 0.29) is 11.1 Å². The number of nitro groups is 1. The molecule has 0 saturated heterocycles. The molecule has 1 fully saturated rings. The fourth-order valence-electron chi connectivity index (χ4n) is 3.61. The van der Waals surface area contributed by atoms with Crippen LogP contribution in [0.2, 0.25) is 0 Å². The Morgan fingerprint density at radius 2 is 2.00 bits per heavy atom. The summed E-state index contributed by atoms with van der Waals surface area (Å²) in [5, 5.41) is 14.4. The summed E-state index contributed by atoms with van der Waals surface area (Å²) in [6, 6.07) is 11.1. The molecule has 0 amide bonds. The molecular formula is C18H21N3O3. The van der Waals surface area contributed by atoms with Crippen molar-refractivity contribution in [3.8, 4) is 5.75 Å². The summed E-state index contributed by atoms with van der Waals surface area (Å²) in [7, 11) is 1.68. The number of nitrogens with zero attached hydrogens (tertiary/aromatic N) is 2. The summed E-state index contributed by atoms with van der Waals surface area (Å²) >= 11 is 0. The van der Waals surface area contributed by atoms with E-state index in [9.17, 15) is 10.1 Å². The van der Waals surface area contributed by atoms with Crippen molar-refractivity contribution < 1.29 is 9.66 Å². The second-order valence-electron chi connectivity index (χ2n) is 6.17. The fraction of sp³-hybridized carbons (Fsp3) is 0.389. The van der Waals surface area contributed by atoms with Gasteiger partial charge in [-0.15, -0.1) is 0 Å². The van der Waals surface area contributed by atoms with Gasteiger partial charge in [-0.05, 0) is 25.0 Å². The Labute approximate surface area is 141 Å². The Hall–Kier alpha value is -2.63. The first kappa shape index (κ1) is 16.2. The molecule has 6 nitrogen and oxygen atoms in total. The maximum Gasteiger partial charge on any atom is 0.311 e. The van der Waals surface area contributed by atoms with Crippen LogP contribution in [0.1, 0.15) is 31.2 Å². The first-order chi connectivity index (χ1) is 11.7. The number of para-hydroxylation sites is 1. The topological polar surface area (TPSA) is 77.3 Å². The molecule has 3 rings (SSSR count). The van der Waals surface area contributed by atoms with Crippen LogP contribution in [0.15, 0.2) is 42.6 Å². The van der Waals surface area contributed by atoms with Crippen LogP contribution in [-0.4, -0.2) is 23.6 Å². The molecule has 1 aliphatic carbocycles. The van der Waals surface area contributed by atoms with Crippen LogP contribution in [0.25, 0.3) is 0 Å². The van der Waals surface area contributed by atoms with Gasteiger partial charge in [-0.2, -0.15) is 0 Å². The Morgan fingerprint density at radius 1 is 1.25 bits per heavy atom. The number of hydrogen-bond acceptors (Lipinski definition) is 5. The van der Waals surface area contributed by atoms with Gasteiger partial charge >= 0.3 is 5.69 Å². The molecule has 1 aromatic carbocycles. The third kappa shape index (κ3) is 3.04. The smallest absolute Gasteiger partial charge is 0.311 e. The summed E-state index contributed by atoms with van der Waals surface area (Å²) in [5.41, 5.74) is 1.08. The zero-order chi connectivity index (χ0) is 17.0. The van der Waals surface area contributed by atoms with Crippen LogP contribution in [0, 0.1) is 10.1 Å². The lowest BCUT2D eigenvalue weighted by atomic mass is 9.78. The molecule has 0 bridgehead atoms. The van der Waals surface area contributed by atoms with Crippen LogP contribution in [0.5, 0.6) is 5.75 Å². The van der Waals surface area contributed by atoms with Gasteiger partial charge in [0.25, 0.3) is 0 Å². The monoisotopic (exact) mass is 327 g/mol. The Balaban J connectivity index is 1.89. The molecule has 2 aromatic rings. The number of rotatable bonds is 6. The molecule has 0 aliphatic heterocycles. The van der Waals surface area contributed by atoms with E-state index in [1.807, 2.05) is 18.2 Å². The maximum absolute atomic E-state index is 11.2. The van der Waals surface area contributed by atoms with Crippen LogP contribution < -0.4 is 10.1 Å². The number of ether oxygens (including phenoxy) is 1. The summed E-state index contributed by atoms with van der Waals surface area (Å²) in [4.78, 5) is 14.9. The zero-order valence-electron chi connectivity index (χ0n) is 13.7. The number of nitrogens with one attached hydrogen (secondary N) is 1. The predicted molar refractivity (Wildman–Crippen MR) is 92.5 cm³/mol. The lowest BCUT2D eigenvalue weighted by Gasteiger charge is -2.31. The molecule has 1 N–H and O–H groups in total. The second kappa shape index (κ2) is 6.86. The van der Waals surface area contributed by atoms with Crippen LogP contribution in [-0.2, 0) is 5.41 Å². The van der Waals surface area contributed by atoms with Gasteiger partial charge in [0.15, 0.2) is 0 Å². The molecule has 0 atom stereocenters. The third-order valence-electron chi connectivity index (χ3n) is 4.82. The fourth-order valence-corrected chi connectivity index (χ4v) is 3.61. The van der Waals surface area contributed by atoms with Crippen molar-refractivity contribution in [3.63, 3.8) is 0 Å². The van der Waals surface area contributed by atoms with Crippen LogP contribution in [0.3, 0.4) is 0 Å². The molecular weight excluding hydrogens is 306 g/mol. The van der Waals surface area contributed by atoms with E-state index in [0.29, 0.717) is 12.4 Å². The minimum atomic E-state index is -0.403. The summed E-state index contributed by atoms with van der Waals surface area (Å²) in [5.74, 6) is 1.19. The van der Waals surface area contributed by atoms with E-state index >= 15 is 0 Å². The highest BCUT2D eigenvalue weighted by atomic mass is 16.6. The largest absolute Gasteiger partial charge is 0.496 e. The Bertz CT molecular complexity index is 727. The highest BCUT2D eigenvalue weighted by Crippen LogP contribution is 2.45. The Kier molecular flexibility index (Phi) is 4.64. The molecule has 0 radical (unpaired) electrons. The average Bonchev–Trinajstić information content (AvgIpc) is 3.10. The predicted octanol–water partition coefficient (Wildman–Crippen LogP) is 3.92. The quantitative estimate of drug-likeness (QED) is 0.642. The normalized spacial score (nSPS) is 15.9. The van der Waals surface area contributed by atoms with Crippen molar-refractivity contribution in [3.05, 3.63) is 58.3 Å². The number of pyridine rings is 1. The van der Waals surface area contributed by atoms with Gasteiger partial charge in [-0.25, -0.2) is 4.98 Å². The van der Waals surface area contributed by atoms with E-state index < -0.39 is 4.92 Å². The highest BCUT2D eigenvalue weighted by molar-refractivity contribution is 5.56. The summed E-state index contributed by atoms with van der Waals surface area (Å²) < 4.78 is 5.55. The van der Waals surface area contributed by atoms with Crippen molar-refractivity contribution in [1.29, 1.82) is 0 Å². The molecule has 1 saturated carbocycles. The molecule has 0 unspecified atom stereocenters. The first-order valence-electron chi connectivity index (χ1n) is 8.13. The van der Waals surface area contributed by atoms with E-state index in [2.05, 4.69) is 16.4 Å². The van der Waals surface area contributed by atoms with Gasteiger partial charge in [0.05, 0.1) is 12.0 Å². The number of benzene rings is 1. The van der Waals surface area contributed by atoms with Gasteiger partial charge < -0.3 is 10.1 Å². The molecule has 126 valence electrons. The second-order valence-corrected chi connectivity index (χ2v) is 6.17. The van der Waals surface area contributed by atoms with Crippen molar-refractivity contribution in [2.75, 3.05) is 19.0 Å². The zero-order valence-corrected chi connectivity index (χ0v) is 13.7. The van der Waals surface area contributed by atoms with E-state index in [4.69, 9.17) is 4.74 Å². The standard InChI is InChI=1S/C18H21N3O3/c1-24-16-9-3-2-7-14(16)18(10-4-5-11-18)13-20-17-15(21(22)23)8-6-12-19-17/h2-3,6-9,12H,4-5,10-11,13H2,1H3,(H,19,20). The van der Waals surface area contributed by atoms with E-state index in [0.717, 1.165) is 37.0 Å². The number of anilines is 1. The van der Waals surface area contributed by atoms with Gasteiger partial charge in [0.1, 0.15) is 5.75 Å². The summed E-state index contributed by atoms with van der Waals surface area (Å²) in [6.45, 7) is 0.602. The lowest BCUT2D eigenvalue weighted by molar-refractivity contribution is -0.384. The minimum absolute atomic E-state index is 0.00525. The third-order valence-corrected chi connectivity index (χ3v) is 4.82. The summed E-state index contributed by atoms with van der Waals surface area (Å²) in [6.07, 6.45) is 5.91. The van der Waals surface area contributed by atoms with Crippen molar-refractivity contribution in [2.24, 2.45) is 0 Å². The lowest BCUT2D eigenvalue weighted by Crippen LogP contribution is -2.32. The number of aromatic nitrogens is 1. The molecule has 1 aromatic heterocycles. The number of hydrogen-bond donors (Lipinski definition) is 1. The average molecular weight is 327 g/mol. The van der Waals surface area contributed by atoms with Gasteiger partial charge in [-0.1, -0.05) is 31.0 Å². The van der Waals surface area contributed by atoms with E-state index in [1.165, 1.54) is 6.07 Å². The highest BCUT2D eigenvalue weighted by Gasteiger charge is 2.38.